The average molecular weight is 541 g/mol. The Kier molecular flexibility index (Phi) is 24.1. The second-order valence-corrected chi connectivity index (χ2v) is 11.0. The molecule has 0 unspecified atom stereocenters. The Labute approximate surface area is 232 Å². The smallest absolute Gasteiger partial charge is 0.303 e. The maximum absolute atomic E-state index is 11.0. The van der Waals surface area contributed by atoms with Crippen molar-refractivity contribution in [3.8, 4) is 0 Å². The number of rotatable bonds is 29. The molecule has 0 bridgehead atoms. The number of hydrogen-bond acceptors (Lipinski definition) is 3. The van der Waals surface area contributed by atoms with E-state index in [-0.39, 0.29) is 19.3 Å². The van der Waals surface area contributed by atoms with Crippen molar-refractivity contribution >= 4 is 17.9 Å². The van der Waals surface area contributed by atoms with Crippen LogP contribution in [0.1, 0.15) is 142 Å². The number of hydrogen-bond donors (Lipinski definition) is 3. The Morgan fingerprint density at radius 2 is 0.789 bits per heavy atom. The van der Waals surface area contributed by atoms with Crippen LogP contribution in [0.15, 0.2) is 12.2 Å². The van der Waals surface area contributed by atoms with Crippen molar-refractivity contribution in [2.24, 2.45) is 0 Å². The average Bonchev–Trinajstić information content (AvgIpc) is 2.87. The molecule has 0 radical (unpaired) electrons. The van der Waals surface area contributed by atoms with Gasteiger partial charge in [-0.25, -0.2) is 0 Å². The van der Waals surface area contributed by atoms with Crippen LogP contribution < -0.4 is 0 Å². The van der Waals surface area contributed by atoms with E-state index in [1.165, 1.54) is 51.4 Å². The third-order valence-electron chi connectivity index (χ3n) is 7.46. The van der Waals surface area contributed by atoms with Gasteiger partial charge in [0.15, 0.2) is 0 Å². The van der Waals surface area contributed by atoms with Crippen molar-refractivity contribution in [2.45, 2.75) is 142 Å². The summed E-state index contributed by atoms with van der Waals surface area (Å²) < 4.78 is 0.848. The predicted octanol–water partition coefficient (Wildman–Crippen LogP) is 7.83. The standard InChI is InChI=1S/C31H57NO6/c1-2-3-4-5-6-7-8-9-10-11-12-13-14-18-25-32(26-19-15-22-29(33)34,27-20-16-23-30(35)36)28-21-17-24-31(37)38/h11-12H,2-10,13-28H2,1H3,(H2-,33,34,35,36,37,38)/p+1/b12-11+. The zero-order valence-corrected chi connectivity index (χ0v) is 24.3. The van der Waals surface area contributed by atoms with Crippen LogP contribution in [0.5, 0.6) is 0 Å². The van der Waals surface area contributed by atoms with E-state index in [2.05, 4.69) is 19.1 Å². The molecule has 3 N–H and O–H groups in total. The van der Waals surface area contributed by atoms with Gasteiger partial charge in [-0.05, 0) is 70.6 Å². The van der Waals surface area contributed by atoms with Crippen molar-refractivity contribution in [3.05, 3.63) is 12.2 Å². The number of carboxylic acids is 3. The number of carboxylic acid groups (broad SMARTS) is 3. The fourth-order valence-electron chi connectivity index (χ4n) is 5.18. The Morgan fingerprint density at radius 3 is 1.16 bits per heavy atom. The van der Waals surface area contributed by atoms with Gasteiger partial charge in [-0.3, -0.25) is 14.4 Å². The number of quaternary nitrogens is 1. The molecule has 222 valence electrons. The van der Waals surface area contributed by atoms with E-state index < -0.39 is 17.9 Å². The summed E-state index contributed by atoms with van der Waals surface area (Å²) in [5.74, 6) is -2.32. The number of carbonyl (C=O) groups is 3. The zero-order chi connectivity index (χ0) is 28.3. The summed E-state index contributed by atoms with van der Waals surface area (Å²) in [5, 5.41) is 27.0. The first kappa shape index (κ1) is 36.1. The van der Waals surface area contributed by atoms with Crippen LogP contribution >= 0.6 is 0 Å². The summed E-state index contributed by atoms with van der Waals surface area (Å²) in [6.07, 6.45) is 24.6. The summed E-state index contributed by atoms with van der Waals surface area (Å²) in [6, 6.07) is 0. The number of aliphatic carboxylic acids is 3. The second-order valence-electron chi connectivity index (χ2n) is 11.0. The van der Waals surface area contributed by atoms with Crippen molar-refractivity contribution in [2.75, 3.05) is 26.2 Å². The molecule has 0 aliphatic rings. The molecule has 0 rings (SSSR count). The minimum absolute atomic E-state index is 0.168. The van der Waals surface area contributed by atoms with E-state index in [1.807, 2.05) is 0 Å². The zero-order valence-electron chi connectivity index (χ0n) is 24.3. The first-order chi connectivity index (χ1) is 18.3. The minimum atomic E-state index is -0.773. The Morgan fingerprint density at radius 1 is 0.474 bits per heavy atom. The lowest BCUT2D eigenvalue weighted by molar-refractivity contribution is -0.929. The summed E-state index contributed by atoms with van der Waals surface area (Å²) in [5.41, 5.74) is 0. The van der Waals surface area contributed by atoms with Crippen LogP contribution in [0.25, 0.3) is 0 Å². The van der Waals surface area contributed by atoms with Gasteiger partial charge in [-0.1, -0.05) is 64.0 Å². The maximum Gasteiger partial charge on any atom is 0.303 e. The quantitative estimate of drug-likeness (QED) is 0.0506. The third kappa shape index (κ3) is 24.4. The van der Waals surface area contributed by atoms with Crippen molar-refractivity contribution in [3.63, 3.8) is 0 Å². The maximum atomic E-state index is 11.0. The van der Waals surface area contributed by atoms with Crippen molar-refractivity contribution < 1.29 is 34.2 Å². The SMILES string of the molecule is CCCCCCCCCC/C=C/CCCC[N+](CCCCC(=O)O)(CCCCC(=O)O)CCCCC(=O)O. The van der Waals surface area contributed by atoms with Crippen LogP contribution in [0.2, 0.25) is 0 Å². The summed E-state index contributed by atoms with van der Waals surface area (Å²) in [7, 11) is 0. The van der Waals surface area contributed by atoms with E-state index in [9.17, 15) is 14.4 Å². The summed E-state index contributed by atoms with van der Waals surface area (Å²) in [4.78, 5) is 32.9. The van der Waals surface area contributed by atoms with E-state index in [4.69, 9.17) is 15.3 Å². The van der Waals surface area contributed by atoms with E-state index in [0.717, 1.165) is 75.6 Å². The molecule has 7 heteroatoms. The van der Waals surface area contributed by atoms with Crippen LogP contribution in [0.4, 0.5) is 0 Å². The van der Waals surface area contributed by atoms with Crippen LogP contribution in [-0.2, 0) is 14.4 Å². The molecule has 0 aromatic rings. The van der Waals surface area contributed by atoms with E-state index in [0.29, 0.717) is 19.3 Å². The monoisotopic (exact) mass is 540 g/mol. The third-order valence-corrected chi connectivity index (χ3v) is 7.46. The molecule has 0 aliphatic carbocycles. The molecule has 0 aromatic carbocycles. The number of nitrogens with zero attached hydrogens (tertiary/aromatic N) is 1. The normalized spacial score (nSPS) is 11.8. The summed E-state index contributed by atoms with van der Waals surface area (Å²) in [6.45, 7) is 5.87. The fourth-order valence-corrected chi connectivity index (χ4v) is 5.18. The molecular formula is C31H58NO6+. The molecule has 0 spiro atoms. The van der Waals surface area contributed by atoms with Gasteiger partial charge in [0.25, 0.3) is 0 Å². The van der Waals surface area contributed by atoms with Gasteiger partial charge in [-0.2, -0.15) is 0 Å². The highest BCUT2D eigenvalue weighted by Gasteiger charge is 2.26. The molecular weight excluding hydrogens is 482 g/mol. The van der Waals surface area contributed by atoms with Crippen molar-refractivity contribution in [1.82, 2.24) is 0 Å². The molecule has 0 fully saturated rings. The molecule has 0 aliphatic heterocycles. The minimum Gasteiger partial charge on any atom is -0.481 e. The number of allylic oxidation sites excluding steroid dienone is 2. The predicted molar refractivity (Wildman–Crippen MR) is 154 cm³/mol. The number of unbranched alkanes of at least 4 members (excludes halogenated alkanes) is 13. The molecule has 0 aromatic heterocycles. The lowest BCUT2D eigenvalue weighted by Crippen LogP contribution is -2.51. The van der Waals surface area contributed by atoms with Crippen molar-refractivity contribution in [1.29, 1.82) is 0 Å². The lowest BCUT2D eigenvalue weighted by Gasteiger charge is -2.39. The highest BCUT2D eigenvalue weighted by atomic mass is 16.4. The molecule has 0 atom stereocenters. The first-order valence-electron chi connectivity index (χ1n) is 15.5. The molecule has 0 saturated carbocycles. The van der Waals surface area contributed by atoms with Crippen LogP contribution in [0, 0.1) is 0 Å². The Balaban J connectivity index is 4.61. The van der Waals surface area contributed by atoms with Gasteiger partial charge >= 0.3 is 17.9 Å². The topological polar surface area (TPSA) is 112 Å². The van der Waals surface area contributed by atoms with Gasteiger partial charge in [0.1, 0.15) is 0 Å². The molecule has 0 heterocycles. The second kappa shape index (κ2) is 25.4. The molecule has 38 heavy (non-hydrogen) atoms. The highest BCUT2D eigenvalue weighted by Crippen LogP contribution is 2.19. The fraction of sp³-hybridized carbons (Fsp3) is 0.839. The lowest BCUT2D eigenvalue weighted by atomic mass is 10.1. The summed E-state index contributed by atoms with van der Waals surface area (Å²) >= 11 is 0. The van der Waals surface area contributed by atoms with Gasteiger partial charge in [0.2, 0.25) is 0 Å². The molecule has 7 nitrogen and oxygen atoms in total. The van der Waals surface area contributed by atoms with E-state index >= 15 is 0 Å². The van der Waals surface area contributed by atoms with Gasteiger partial charge in [0, 0.05) is 19.3 Å². The Hall–Kier alpha value is -1.89. The van der Waals surface area contributed by atoms with Crippen LogP contribution in [-0.4, -0.2) is 63.9 Å². The molecule has 0 saturated heterocycles. The Bertz CT molecular complexity index is 579. The largest absolute Gasteiger partial charge is 0.481 e. The van der Waals surface area contributed by atoms with Gasteiger partial charge in [0.05, 0.1) is 26.2 Å². The first-order valence-corrected chi connectivity index (χ1v) is 15.5. The highest BCUT2D eigenvalue weighted by molar-refractivity contribution is 5.67. The van der Waals surface area contributed by atoms with Gasteiger partial charge in [-0.15, -0.1) is 0 Å². The molecule has 0 amide bonds. The van der Waals surface area contributed by atoms with Crippen LogP contribution in [0.3, 0.4) is 0 Å². The van der Waals surface area contributed by atoms with E-state index in [1.54, 1.807) is 0 Å². The van der Waals surface area contributed by atoms with Gasteiger partial charge < -0.3 is 19.8 Å².